The van der Waals surface area contributed by atoms with Crippen LogP contribution in [0.15, 0.2) is 65.8 Å². The van der Waals surface area contributed by atoms with Crippen LogP contribution in [0.3, 0.4) is 0 Å². The number of hydrazone groups is 1. The average molecular weight is 435 g/mol. The van der Waals surface area contributed by atoms with Crippen molar-refractivity contribution in [3.8, 4) is 17.2 Å². The number of halogens is 1. The summed E-state index contributed by atoms with van der Waals surface area (Å²) in [4.78, 5) is 0. The Balaban J connectivity index is 1.60. The first-order valence-corrected chi connectivity index (χ1v) is 10.6. The summed E-state index contributed by atoms with van der Waals surface area (Å²) < 4.78 is 17.3. The summed E-state index contributed by atoms with van der Waals surface area (Å²) in [5.41, 5.74) is 5.37. The van der Waals surface area contributed by atoms with Gasteiger partial charge in [0.05, 0.1) is 26.0 Å². The van der Waals surface area contributed by atoms with E-state index in [-0.39, 0.29) is 12.3 Å². The van der Waals surface area contributed by atoms with Gasteiger partial charge < -0.3 is 14.2 Å². The number of hydrogen-bond donors (Lipinski definition) is 0. The first kappa shape index (κ1) is 19.8. The molecule has 2 aliphatic heterocycles. The van der Waals surface area contributed by atoms with Crippen LogP contribution in [-0.4, -0.2) is 24.9 Å². The van der Waals surface area contributed by atoms with Crippen molar-refractivity contribution in [2.45, 2.75) is 25.6 Å². The molecule has 6 heteroatoms. The van der Waals surface area contributed by atoms with Crippen LogP contribution in [0.1, 0.15) is 40.9 Å². The van der Waals surface area contributed by atoms with Crippen LogP contribution >= 0.6 is 11.6 Å². The quantitative estimate of drug-likeness (QED) is 0.512. The molecule has 2 aliphatic rings. The molecule has 2 heterocycles. The number of fused-ring (bicyclic) bond motifs is 3. The lowest BCUT2D eigenvalue weighted by Crippen LogP contribution is -2.33. The van der Waals surface area contributed by atoms with Gasteiger partial charge in [-0.15, -0.1) is 0 Å². The van der Waals surface area contributed by atoms with E-state index in [2.05, 4.69) is 31.2 Å². The maximum absolute atomic E-state index is 6.43. The van der Waals surface area contributed by atoms with Crippen molar-refractivity contribution < 1.29 is 14.2 Å². The fourth-order valence-electron chi connectivity index (χ4n) is 4.20. The summed E-state index contributed by atoms with van der Waals surface area (Å²) in [5.74, 6) is 2.16. The normalized spacial score (nSPS) is 19.2. The second-order valence-corrected chi connectivity index (χ2v) is 8.22. The van der Waals surface area contributed by atoms with Crippen molar-refractivity contribution >= 4 is 17.3 Å². The number of rotatable bonds is 4. The molecule has 3 aromatic rings. The SMILES string of the molecule is COc1ccc(C2Oc3ccc(Cl)cc3C3CC(c4ccc(C)cc4)=NN32)cc1OC. The standard InChI is InChI=1S/C25H23ClN2O3/c1-15-4-6-16(7-5-15)20-14-21-19-13-18(26)9-11-22(19)31-25(28(21)27-20)17-8-10-23(29-2)24(12-17)30-3/h4-13,21,25H,14H2,1-3H3. The zero-order valence-electron chi connectivity index (χ0n) is 17.6. The van der Waals surface area contributed by atoms with Gasteiger partial charge in [0.25, 0.3) is 0 Å². The monoisotopic (exact) mass is 434 g/mol. The van der Waals surface area contributed by atoms with E-state index in [0.717, 1.165) is 34.6 Å². The third-order valence-corrected chi connectivity index (χ3v) is 6.06. The molecule has 31 heavy (non-hydrogen) atoms. The van der Waals surface area contributed by atoms with Crippen molar-refractivity contribution in [2.24, 2.45) is 5.10 Å². The molecule has 0 saturated heterocycles. The highest BCUT2D eigenvalue weighted by Crippen LogP contribution is 2.48. The Morgan fingerprint density at radius 3 is 2.48 bits per heavy atom. The van der Waals surface area contributed by atoms with Crippen LogP contribution in [0.2, 0.25) is 5.02 Å². The fourth-order valence-corrected chi connectivity index (χ4v) is 4.39. The van der Waals surface area contributed by atoms with Crippen LogP contribution in [0.5, 0.6) is 17.2 Å². The number of nitrogens with zero attached hydrogens (tertiary/aromatic N) is 2. The van der Waals surface area contributed by atoms with E-state index in [1.165, 1.54) is 5.56 Å². The zero-order chi connectivity index (χ0) is 21.5. The Hall–Kier alpha value is -3.18. The van der Waals surface area contributed by atoms with Gasteiger partial charge >= 0.3 is 0 Å². The zero-order valence-corrected chi connectivity index (χ0v) is 18.4. The molecule has 0 aromatic heterocycles. The van der Waals surface area contributed by atoms with E-state index >= 15 is 0 Å². The molecule has 0 N–H and O–H groups in total. The maximum atomic E-state index is 6.43. The minimum Gasteiger partial charge on any atom is -0.493 e. The van der Waals surface area contributed by atoms with Gasteiger partial charge in [0, 0.05) is 22.6 Å². The van der Waals surface area contributed by atoms with Crippen molar-refractivity contribution in [1.82, 2.24) is 5.01 Å². The molecule has 0 fully saturated rings. The van der Waals surface area contributed by atoms with Gasteiger partial charge in [-0.2, -0.15) is 5.10 Å². The van der Waals surface area contributed by atoms with Gasteiger partial charge in [0.15, 0.2) is 11.5 Å². The molecule has 0 amide bonds. The van der Waals surface area contributed by atoms with Crippen molar-refractivity contribution in [1.29, 1.82) is 0 Å². The van der Waals surface area contributed by atoms with Crippen LogP contribution in [0, 0.1) is 6.92 Å². The minimum atomic E-state index is -0.388. The number of aryl methyl sites for hydroxylation is 1. The van der Waals surface area contributed by atoms with Crippen LogP contribution < -0.4 is 14.2 Å². The third-order valence-electron chi connectivity index (χ3n) is 5.83. The first-order valence-electron chi connectivity index (χ1n) is 10.2. The lowest BCUT2D eigenvalue weighted by Gasteiger charge is -2.38. The molecule has 0 saturated carbocycles. The van der Waals surface area contributed by atoms with E-state index in [1.54, 1.807) is 14.2 Å². The van der Waals surface area contributed by atoms with Crippen molar-refractivity contribution in [3.63, 3.8) is 0 Å². The van der Waals surface area contributed by atoms with Crippen molar-refractivity contribution in [3.05, 3.63) is 87.9 Å². The molecule has 2 atom stereocenters. The summed E-state index contributed by atoms with van der Waals surface area (Å²) in [6.07, 6.45) is 0.394. The van der Waals surface area contributed by atoms with Gasteiger partial charge in [-0.3, -0.25) is 0 Å². The summed E-state index contributed by atoms with van der Waals surface area (Å²) >= 11 is 6.32. The van der Waals surface area contributed by atoms with Gasteiger partial charge in [-0.25, -0.2) is 5.01 Å². The summed E-state index contributed by atoms with van der Waals surface area (Å²) in [6, 6.07) is 20.1. The molecular weight excluding hydrogens is 412 g/mol. The number of benzene rings is 3. The molecule has 0 bridgehead atoms. The Labute approximate surface area is 186 Å². The highest BCUT2D eigenvalue weighted by Gasteiger charge is 2.41. The highest BCUT2D eigenvalue weighted by atomic mass is 35.5. The molecule has 158 valence electrons. The molecule has 5 rings (SSSR count). The molecule has 0 radical (unpaired) electrons. The lowest BCUT2D eigenvalue weighted by molar-refractivity contribution is -0.0191. The summed E-state index contributed by atoms with van der Waals surface area (Å²) in [5, 5.41) is 7.73. The van der Waals surface area contributed by atoms with Crippen LogP contribution in [0.25, 0.3) is 0 Å². The van der Waals surface area contributed by atoms with Crippen LogP contribution in [-0.2, 0) is 0 Å². The van der Waals surface area contributed by atoms with E-state index in [0.29, 0.717) is 16.5 Å². The van der Waals surface area contributed by atoms with E-state index in [1.807, 2.05) is 41.4 Å². The molecule has 3 aromatic carbocycles. The Bertz CT molecular complexity index is 1160. The molecular formula is C25H23ClN2O3. The number of ether oxygens (including phenoxy) is 3. The second-order valence-electron chi connectivity index (χ2n) is 7.78. The largest absolute Gasteiger partial charge is 0.493 e. The lowest BCUT2D eigenvalue weighted by atomic mass is 9.95. The number of hydrogen-bond acceptors (Lipinski definition) is 5. The smallest absolute Gasteiger partial charge is 0.214 e. The summed E-state index contributed by atoms with van der Waals surface area (Å²) in [7, 11) is 3.26. The predicted octanol–water partition coefficient (Wildman–Crippen LogP) is 5.91. The average Bonchev–Trinajstić information content (AvgIpc) is 3.24. The van der Waals surface area contributed by atoms with Gasteiger partial charge in [-0.1, -0.05) is 41.4 Å². The molecule has 0 aliphatic carbocycles. The van der Waals surface area contributed by atoms with Crippen molar-refractivity contribution in [2.75, 3.05) is 14.2 Å². The Morgan fingerprint density at radius 2 is 1.74 bits per heavy atom. The maximum Gasteiger partial charge on any atom is 0.214 e. The predicted molar refractivity (Wildman–Crippen MR) is 121 cm³/mol. The van der Waals surface area contributed by atoms with E-state index in [4.69, 9.17) is 30.9 Å². The molecule has 2 unspecified atom stereocenters. The fraction of sp³-hybridized carbons (Fsp3) is 0.240. The third kappa shape index (κ3) is 3.49. The van der Waals surface area contributed by atoms with Gasteiger partial charge in [0.1, 0.15) is 5.75 Å². The molecule has 5 nitrogen and oxygen atoms in total. The van der Waals surface area contributed by atoms with E-state index < -0.39 is 0 Å². The summed E-state index contributed by atoms with van der Waals surface area (Å²) in [6.45, 7) is 2.09. The topological polar surface area (TPSA) is 43.3 Å². The Morgan fingerprint density at radius 1 is 0.968 bits per heavy atom. The molecule has 0 spiro atoms. The Kier molecular flexibility index (Phi) is 4.98. The number of methoxy groups -OCH3 is 2. The van der Waals surface area contributed by atoms with Gasteiger partial charge in [0.2, 0.25) is 6.23 Å². The highest BCUT2D eigenvalue weighted by molar-refractivity contribution is 6.30. The second kappa shape index (κ2) is 7.82. The first-order chi connectivity index (χ1) is 15.1. The van der Waals surface area contributed by atoms with Crippen LogP contribution in [0.4, 0.5) is 0 Å². The van der Waals surface area contributed by atoms with Gasteiger partial charge in [-0.05, 0) is 48.9 Å². The minimum absolute atomic E-state index is 0.0387. The van der Waals surface area contributed by atoms with E-state index in [9.17, 15) is 0 Å².